The summed E-state index contributed by atoms with van der Waals surface area (Å²) in [5, 5.41) is 3.20. The molecule has 1 atom stereocenters. The molecular formula is C12H16F2N2. The first-order valence-electron chi connectivity index (χ1n) is 5.40. The number of benzene rings is 1. The van der Waals surface area contributed by atoms with Crippen LogP contribution in [0, 0.1) is 11.6 Å². The fraction of sp³-hybridized carbons (Fsp3) is 0.500. The predicted octanol–water partition coefficient (Wildman–Crippen LogP) is 1.72. The van der Waals surface area contributed by atoms with Crippen molar-refractivity contribution in [2.45, 2.75) is 12.0 Å². The highest BCUT2D eigenvalue weighted by Gasteiger charge is 2.37. The Morgan fingerprint density at radius 3 is 2.31 bits per heavy atom. The molecular weight excluding hydrogens is 210 g/mol. The van der Waals surface area contributed by atoms with Crippen LogP contribution >= 0.6 is 0 Å². The van der Waals surface area contributed by atoms with Crippen LogP contribution in [0.15, 0.2) is 18.2 Å². The Morgan fingerprint density at radius 2 is 1.88 bits per heavy atom. The molecule has 88 valence electrons. The predicted molar refractivity (Wildman–Crippen MR) is 59.2 cm³/mol. The first kappa shape index (κ1) is 11.5. The van der Waals surface area contributed by atoms with E-state index < -0.39 is 11.6 Å². The number of nitrogens with zero attached hydrogens (tertiary/aromatic N) is 1. The van der Waals surface area contributed by atoms with Crippen molar-refractivity contribution in [2.24, 2.45) is 0 Å². The summed E-state index contributed by atoms with van der Waals surface area (Å²) in [7, 11) is 3.84. The second-order valence-corrected chi connectivity index (χ2v) is 4.48. The number of halogens is 2. The van der Waals surface area contributed by atoms with Crippen LogP contribution in [0.5, 0.6) is 0 Å². The summed E-state index contributed by atoms with van der Waals surface area (Å²) in [6.45, 7) is 1.70. The average molecular weight is 226 g/mol. The zero-order chi connectivity index (χ0) is 11.8. The van der Waals surface area contributed by atoms with E-state index in [-0.39, 0.29) is 5.54 Å². The SMILES string of the molecule is CNC1(c2cc(F)cc(F)c2)CCN(C)C1. The minimum Gasteiger partial charge on any atom is -0.309 e. The maximum Gasteiger partial charge on any atom is 0.126 e. The van der Waals surface area contributed by atoms with Gasteiger partial charge in [0.05, 0.1) is 5.54 Å². The summed E-state index contributed by atoms with van der Waals surface area (Å²) in [6, 6.07) is 3.74. The summed E-state index contributed by atoms with van der Waals surface area (Å²) in [5.74, 6) is -1.03. The van der Waals surface area contributed by atoms with Gasteiger partial charge in [0.15, 0.2) is 0 Å². The molecule has 2 nitrogen and oxygen atoms in total. The molecule has 0 aliphatic carbocycles. The third-order valence-electron chi connectivity index (χ3n) is 3.35. The Labute approximate surface area is 94.3 Å². The first-order valence-corrected chi connectivity index (χ1v) is 5.40. The standard InChI is InChI=1S/C12H16F2N2/c1-15-12(3-4-16(2)8-12)9-5-10(13)7-11(14)6-9/h5-7,15H,3-4,8H2,1-2H3. The Hall–Kier alpha value is -1.00. The summed E-state index contributed by atoms with van der Waals surface area (Å²) in [6.07, 6.45) is 0.864. The monoisotopic (exact) mass is 226 g/mol. The second-order valence-electron chi connectivity index (χ2n) is 4.48. The van der Waals surface area contributed by atoms with E-state index in [1.54, 1.807) is 0 Å². The number of rotatable bonds is 2. The Kier molecular flexibility index (Phi) is 2.95. The van der Waals surface area contributed by atoms with Crippen LogP contribution in [0.4, 0.5) is 8.78 Å². The average Bonchev–Trinajstić information content (AvgIpc) is 2.60. The van der Waals surface area contributed by atoms with E-state index in [2.05, 4.69) is 10.2 Å². The van der Waals surface area contributed by atoms with E-state index in [4.69, 9.17) is 0 Å². The normalized spacial score (nSPS) is 26.2. The smallest absolute Gasteiger partial charge is 0.126 e. The van der Waals surface area contributed by atoms with Gasteiger partial charge in [0, 0.05) is 19.2 Å². The molecule has 1 aliphatic rings. The maximum absolute atomic E-state index is 13.2. The van der Waals surface area contributed by atoms with Gasteiger partial charge in [-0.15, -0.1) is 0 Å². The van der Waals surface area contributed by atoms with Crippen molar-refractivity contribution in [3.05, 3.63) is 35.4 Å². The summed E-state index contributed by atoms with van der Waals surface area (Å²) >= 11 is 0. The van der Waals surface area contributed by atoms with Crippen molar-refractivity contribution < 1.29 is 8.78 Å². The molecule has 0 saturated carbocycles. The van der Waals surface area contributed by atoms with E-state index in [1.165, 1.54) is 12.1 Å². The highest BCUT2D eigenvalue weighted by molar-refractivity contribution is 5.28. The Bertz CT molecular complexity index is 374. The van der Waals surface area contributed by atoms with E-state index in [9.17, 15) is 8.78 Å². The lowest BCUT2D eigenvalue weighted by Gasteiger charge is -2.29. The molecule has 1 saturated heterocycles. The van der Waals surface area contributed by atoms with Gasteiger partial charge in [0.2, 0.25) is 0 Å². The molecule has 0 spiro atoms. The highest BCUT2D eigenvalue weighted by atomic mass is 19.1. The molecule has 1 N–H and O–H groups in total. The molecule has 1 aromatic carbocycles. The van der Waals surface area contributed by atoms with Crippen LogP contribution in [0.3, 0.4) is 0 Å². The topological polar surface area (TPSA) is 15.3 Å². The van der Waals surface area contributed by atoms with Gasteiger partial charge >= 0.3 is 0 Å². The molecule has 2 rings (SSSR count). The molecule has 1 aliphatic heterocycles. The molecule has 4 heteroatoms. The van der Waals surface area contributed by atoms with Gasteiger partial charge in [0.1, 0.15) is 11.6 Å². The third-order valence-corrected chi connectivity index (χ3v) is 3.35. The number of likely N-dealkylation sites (tertiary alicyclic amines) is 1. The molecule has 0 amide bonds. The van der Waals surface area contributed by atoms with Gasteiger partial charge in [0.25, 0.3) is 0 Å². The molecule has 0 bridgehead atoms. The van der Waals surface area contributed by atoms with Crippen LogP contribution in [0.2, 0.25) is 0 Å². The molecule has 0 aromatic heterocycles. The van der Waals surface area contributed by atoms with Crippen molar-refractivity contribution >= 4 is 0 Å². The molecule has 1 aromatic rings. The van der Waals surface area contributed by atoms with Gasteiger partial charge in [-0.05, 0) is 38.2 Å². The lowest BCUT2D eigenvalue weighted by atomic mass is 9.89. The van der Waals surface area contributed by atoms with Gasteiger partial charge < -0.3 is 10.2 Å². The fourth-order valence-electron chi connectivity index (χ4n) is 2.41. The third kappa shape index (κ3) is 1.95. The molecule has 0 radical (unpaired) electrons. The van der Waals surface area contributed by atoms with Crippen molar-refractivity contribution in [2.75, 3.05) is 27.2 Å². The summed E-state index contributed by atoms with van der Waals surface area (Å²) in [5.41, 5.74) is 0.370. The van der Waals surface area contributed by atoms with Crippen LogP contribution in [-0.4, -0.2) is 32.1 Å². The van der Waals surface area contributed by atoms with E-state index >= 15 is 0 Å². The van der Waals surface area contributed by atoms with E-state index in [0.29, 0.717) is 5.56 Å². The molecule has 1 heterocycles. The highest BCUT2D eigenvalue weighted by Crippen LogP contribution is 2.31. The number of likely N-dealkylation sites (N-methyl/N-ethyl adjacent to an activating group) is 2. The van der Waals surface area contributed by atoms with Gasteiger partial charge in [-0.2, -0.15) is 0 Å². The molecule has 16 heavy (non-hydrogen) atoms. The fourth-order valence-corrected chi connectivity index (χ4v) is 2.41. The van der Waals surface area contributed by atoms with Crippen LogP contribution in [-0.2, 0) is 5.54 Å². The lowest BCUT2D eigenvalue weighted by Crippen LogP contribution is -2.42. The molecule has 1 unspecified atom stereocenters. The maximum atomic E-state index is 13.2. The van der Waals surface area contributed by atoms with Gasteiger partial charge in [-0.1, -0.05) is 0 Å². The van der Waals surface area contributed by atoms with Gasteiger partial charge in [-0.25, -0.2) is 8.78 Å². The Balaban J connectivity index is 2.40. The summed E-state index contributed by atoms with van der Waals surface area (Å²) in [4.78, 5) is 2.15. The van der Waals surface area contributed by atoms with Crippen molar-refractivity contribution in [3.8, 4) is 0 Å². The minimum atomic E-state index is -0.515. The second kappa shape index (κ2) is 4.11. The van der Waals surface area contributed by atoms with Crippen molar-refractivity contribution in [3.63, 3.8) is 0 Å². The van der Waals surface area contributed by atoms with E-state index in [1.807, 2.05) is 14.1 Å². The number of nitrogens with one attached hydrogen (secondary N) is 1. The zero-order valence-electron chi connectivity index (χ0n) is 9.56. The largest absolute Gasteiger partial charge is 0.309 e. The van der Waals surface area contributed by atoms with Crippen LogP contribution in [0.25, 0.3) is 0 Å². The van der Waals surface area contributed by atoms with Crippen molar-refractivity contribution in [1.82, 2.24) is 10.2 Å². The number of hydrogen-bond donors (Lipinski definition) is 1. The van der Waals surface area contributed by atoms with Crippen molar-refractivity contribution in [1.29, 1.82) is 0 Å². The zero-order valence-corrected chi connectivity index (χ0v) is 9.56. The summed E-state index contributed by atoms with van der Waals surface area (Å²) < 4.78 is 26.4. The lowest BCUT2D eigenvalue weighted by molar-refractivity contribution is 0.332. The van der Waals surface area contributed by atoms with Crippen LogP contribution < -0.4 is 5.32 Å². The Morgan fingerprint density at radius 1 is 1.25 bits per heavy atom. The minimum absolute atomic E-state index is 0.322. The molecule has 1 fully saturated rings. The quantitative estimate of drug-likeness (QED) is 0.826. The van der Waals surface area contributed by atoms with E-state index in [0.717, 1.165) is 25.6 Å². The van der Waals surface area contributed by atoms with Crippen LogP contribution in [0.1, 0.15) is 12.0 Å². The first-order chi connectivity index (χ1) is 7.55. The number of hydrogen-bond acceptors (Lipinski definition) is 2. The van der Waals surface area contributed by atoms with Gasteiger partial charge in [-0.3, -0.25) is 0 Å².